The second-order valence-corrected chi connectivity index (χ2v) is 7.14. The van der Waals surface area contributed by atoms with Gasteiger partial charge in [-0.3, -0.25) is 4.79 Å². The first-order valence-corrected chi connectivity index (χ1v) is 10.1. The first-order valence-electron chi connectivity index (χ1n) is 9.14. The number of thioether (sulfide) groups is 1. The number of nitrogens with zero attached hydrogens (tertiary/aromatic N) is 2. The van der Waals surface area contributed by atoms with Gasteiger partial charge in [-0.1, -0.05) is 6.07 Å². The summed E-state index contributed by atoms with van der Waals surface area (Å²) in [5.41, 5.74) is 0.992. The number of rotatable bonds is 8. The van der Waals surface area contributed by atoms with E-state index in [0.29, 0.717) is 18.9 Å². The molecule has 2 heterocycles. The maximum Gasteiger partial charge on any atom is 0.230 e. The van der Waals surface area contributed by atoms with Gasteiger partial charge in [-0.2, -0.15) is 0 Å². The van der Waals surface area contributed by atoms with Gasteiger partial charge in [-0.05, 0) is 42.8 Å². The summed E-state index contributed by atoms with van der Waals surface area (Å²) in [7, 11) is 0. The lowest BCUT2D eigenvalue weighted by Crippen LogP contribution is -2.36. The van der Waals surface area contributed by atoms with E-state index in [1.54, 1.807) is 0 Å². The normalized spacial score (nSPS) is 14.0. The zero-order chi connectivity index (χ0) is 18.9. The van der Waals surface area contributed by atoms with Gasteiger partial charge in [0.1, 0.15) is 11.6 Å². The van der Waals surface area contributed by atoms with E-state index in [0.717, 1.165) is 48.3 Å². The van der Waals surface area contributed by atoms with Gasteiger partial charge in [0.2, 0.25) is 5.91 Å². The summed E-state index contributed by atoms with van der Waals surface area (Å²) in [5, 5.41) is 2.94. The van der Waals surface area contributed by atoms with Gasteiger partial charge in [0, 0.05) is 30.7 Å². The Kier molecular flexibility index (Phi) is 7.36. The van der Waals surface area contributed by atoms with Crippen LogP contribution in [0, 0.1) is 0 Å². The highest BCUT2D eigenvalue weighted by Gasteiger charge is 2.12. The van der Waals surface area contributed by atoms with Gasteiger partial charge in [0.15, 0.2) is 0 Å². The molecule has 0 bridgehead atoms. The molecule has 27 heavy (non-hydrogen) atoms. The minimum atomic E-state index is 0.00569. The quantitative estimate of drug-likeness (QED) is 0.703. The second-order valence-electron chi connectivity index (χ2n) is 6.09. The van der Waals surface area contributed by atoms with Crippen LogP contribution in [-0.4, -0.2) is 49.6 Å². The molecule has 7 heteroatoms. The third kappa shape index (κ3) is 6.15. The number of hydrogen-bond acceptors (Lipinski definition) is 6. The van der Waals surface area contributed by atoms with Crippen molar-refractivity contribution in [1.82, 2.24) is 10.3 Å². The maximum atomic E-state index is 12.1. The maximum absolute atomic E-state index is 12.1. The van der Waals surface area contributed by atoms with Crippen molar-refractivity contribution in [2.75, 3.05) is 43.6 Å². The fraction of sp³-hybridized carbons (Fsp3) is 0.400. The number of pyridine rings is 1. The summed E-state index contributed by atoms with van der Waals surface area (Å²) in [6, 6.07) is 11.8. The largest absolute Gasteiger partial charge is 0.494 e. The molecular formula is C20H25N3O3S. The molecule has 0 unspecified atom stereocenters. The van der Waals surface area contributed by atoms with Gasteiger partial charge < -0.3 is 19.7 Å². The number of anilines is 1. The number of carbonyl (C=O) groups is 1. The van der Waals surface area contributed by atoms with E-state index in [-0.39, 0.29) is 5.91 Å². The van der Waals surface area contributed by atoms with Gasteiger partial charge in [-0.25, -0.2) is 4.98 Å². The molecule has 1 aliphatic rings. The van der Waals surface area contributed by atoms with Crippen molar-refractivity contribution in [3.05, 3.63) is 48.2 Å². The van der Waals surface area contributed by atoms with Crippen molar-refractivity contribution >= 4 is 23.5 Å². The molecule has 2 aromatic rings. The Balaban J connectivity index is 1.40. The number of aromatic nitrogens is 1. The fourth-order valence-electron chi connectivity index (χ4n) is 2.70. The highest BCUT2D eigenvalue weighted by molar-refractivity contribution is 8.00. The monoisotopic (exact) mass is 387 g/mol. The Hall–Kier alpha value is -2.25. The lowest BCUT2D eigenvalue weighted by Gasteiger charge is -2.27. The molecule has 3 rings (SSSR count). The van der Waals surface area contributed by atoms with Gasteiger partial charge in [0.05, 0.1) is 25.6 Å². The summed E-state index contributed by atoms with van der Waals surface area (Å²) < 4.78 is 10.8. The lowest BCUT2D eigenvalue weighted by molar-refractivity contribution is -0.118. The molecule has 0 radical (unpaired) electrons. The van der Waals surface area contributed by atoms with E-state index in [2.05, 4.69) is 15.2 Å². The van der Waals surface area contributed by atoms with E-state index in [1.165, 1.54) is 11.8 Å². The molecule has 0 spiro atoms. The van der Waals surface area contributed by atoms with E-state index in [9.17, 15) is 4.79 Å². The number of benzene rings is 1. The zero-order valence-corrected chi connectivity index (χ0v) is 16.3. The number of carbonyl (C=O) groups excluding carboxylic acids is 1. The molecule has 0 atom stereocenters. The van der Waals surface area contributed by atoms with Crippen LogP contribution in [0.1, 0.15) is 12.5 Å². The van der Waals surface area contributed by atoms with Crippen molar-refractivity contribution < 1.29 is 14.3 Å². The van der Waals surface area contributed by atoms with Crippen LogP contribution in [0.25, 0.3) is 0 Å². The summed E-state index contributed by atoms with van der Waals surface area (Å²) >= 11 is 1.51. The van der Waals surface area contributed by atoms with Crippen molar-refractivity contribution in [3.63, 3.8) is 0 Å². The van der Waals surface area contributed by atoms with Crippen molar-refractivity contribution in [2.24, 2.45) is 0 Å². The first-order chi connectivity index (χ1) is 13.2. The van der Waals surface area contributed by atoms with Crippen LogP contribution in [0.5, 0.6) is 5.75 Å². The minimum Gasteiger partial charge on any atom is -0.494 e. The molecule has 1 amide bonds. The van der Waals surface area contributed by atoms with Crippen molar-refractivity contribution in [2.45, 2.75) is 18.4 Å². The van der Waals surface area contributed by atoms with E-state index in [1.807, 2.05) is 49.5 Å². The smallest absolute Gasteiger partial charge is 0.230 e. The second kappa shape index (κ2) is 10.2. The van der Waals surface area contributed by atoms with Crippen molar-refractivity contribution in [3.8, 4) is 5.75 Å². The average molecular weight is 388 g/mol. The Morgan fingerprint density at radius 1 is 1.22 bits per heavy atom. The standard InChI is InChI=1S/C20H25N3O3S/c1-2-26-17-4-6-18(7-5-17)27-15-20(24)22-14-16-3-8-19(21-13-16)23-9-11-25-12-10-23/h3-8,13H,2,9-12,14-15H2,1H3,(H,22,24). The molecule has 0 saturated carbocycles. The third-order valence-corrected chi connectivity index (χ3v) is 5.15. The molecule has 1 N–H and O–H groups in total. The van der Waals surface area contributed by atoms with Crippen molar-refractivity contribution in [1.29, 1.82) is 0 Å². The van der Waals surface area contributed by atoms with Crippen LogP contribution < -0.4 is 15.0 Å². The van der Waals surface area contributed by atoms with Crippen LogP contribution >= 0.6 is 11.8 Å². The molecule has 144 valence electrons. The molecule has 1 saturated heterocycles. The number of nitrogens with one attached hydrogen (secondary N) is 1. The van der Waals surface area contributed by atoms with Crippen LogP contribution in [0.4, 0.5) is 5.82 Å². The predicted octanol–water partition coefficient (Wildman–Crippen LogP) is 2.73. The predicted molar refractivity (Wildman–Crippen MR) is 107 cm³/mol. The van der Waals surface area contributed by atoms with E-state index >= 15 is 0 Å². The number of morpholine rings is 1. The molecule has 6 nitrogen and oxygen atoms in total. The summed E-state index contributed by atoms with van der Waals surface area (Å²) in [6.07, 6.45) is 1.82. The van der Waals surface area contributed by atoms with E-state index in [4.69, 9.17) is 9.47 Å². The average Bonchev–Trinajstić information content (AvgIpc) is 2.73. The lowest BCUT2D eigenvalue weighted by atomic mass is 10.2. The van der Waals surface area contributed by atoms with Crippen LogP contribution in [0.2, 0.25) is 0 Å². The Morgan fingerprint density at radius 3 is 2.67 bits per heavy atom. The molecule has 1 fully saturated rings. The zero-order valence-electron chi connectivity index (χ0n) is 15.5. The van der Waals surface area contributed by atoms with Crippen LogP contribution in [-0.2, 0) is 16.1 Å². The topological polar surface area (TPSA) is 63.7 Å². The highest BCUT2D eigenvalue weighted by Crippen LogP contribution is 2.21. The molecular weight excluding hydrogens is 362 g/mol. The Labute approximate surface area is 164 Å². The molecule has 1 aromatic carbocycles. The summed E-state index contributed by atoms with van der Waals surface area (Å²) in [5.74, 6) is 2.19. The van der Waals surface area contributed by atoms with Gasteiger partial charge in [0.25, 0.3) is 0 Å². The Bertz CT molecular complexity index is 716. The number of amides is 1. The number of ether oxygens (including phenoxy) is 2. The fourth-order valence-corrected chi connectivity index (χ4v) is 3.43. The van der Waals surface area contributed by atoms with Crippen LogP contribution in [0.3, 0.4) is 0 Å². The SMILES string of the molecule is CCOc1ccc(SCC(=O)NCc2ccc(N3CCOCC3)nc2)cc1. The molecule has 1 aliphatic heterocycles. The number of hydrogen-bond donors (Lipinski definition) is 1. The van der Waals surface area contributed by atoms with Gasteiger partial charge in [-0.15, -0.1) is 11.8 Å². The summed E-state index contributed by atoms with van der Waals surface area (Å²) in [6.45, 7) is 6.31. The first kappa shape index (κ1) is 19.5. The minimum absolute atomic E-state index is 0.00569. The summed E-state index contributed by atoms with van der Waals surface area (Å²) in [4.78, 5) is 19.8. The third-order valence-electron chi connectivity index (χ3n) is 4.14. The highest BCUT2D eigenvalue weighted by atomic mass is 32.2. The van der Waals surface area contributed by atoms with E-state index < -0.39 is 0 Å². The van der Waals surface area contributed by atoms with Gasteiger partial charge >= 0.3 is 0 Å². The molecule has 1 aromatic heterocycles. The van der Waals surface area contributed by atoms with Crippen LogP contribution in [0.15, 0.2) is 47.5 Å². The Morgan fingerprint density at radius 2 is 2.00 bits per heavy atom. The molecule has 0 aliphatic carbocycles.